The van der Waals surface area contributed by atoms with Crippen LogP contribution >= 0.6 is 11.6 Å². The van der Waals surface area contributed by atoms with Crippen LogP contribution in [0.5, 0.6) is 0 Å². The fourth-order valence-corrected chi connectivity index (χ4v) is 3.38. The van der Waals surface area contributed by atoms with Gasteiger partial charge in [-0.3, -0.25) is 4.21 Å². The molecule has 2 nitrogen and oxygen atoms in total. The highest BCUT2D eigenvalue weighted by Crippen LogP contribution is 2.18. The highest BCUT2D eigenvalue weighted by atomic mass is 35.5. The number of rotatable bonds is 6. The lowest BCUT2D eigenvalue weighted by Crippen LogP contribution is -2.39. The highest BCUT2D eigenvalue weighted by molar-refractivity contribution is 7.85. The molecule has 0 heterocycles. The fourth-order valence-electron chi connectivity index (χ4n) is 1.84. The van der Waals surface area contributed by atoms with Crippen LogP contribution in [0.4, 0.5) is 0 Å². The minimum Gasteiger partial charge on any atom is -0.313 e. The zero-order valence-corrected chi connectivity index (χ0v) is 12.1. The zero-order chi connectivity index (χ0) is 12.8. The Kier molecular flexibility index (Phi) is 6.17. The summed E-state index contributed by atoms with van der Waals surface area (Å²) in [5.41, 5.74) is 0. The van der Waals surface area contributed by atoms with Gasteiger partial charge in [-0.15, -0.1) is 0 Å². The molecule has 0 aromatic heterocycles. The van der Waals surface area contributed by atoms with Crippen LogP contribution in [0, 0.1) is 0 Å². The van der Waals surface area contributed by atoms with Gasteiger partial charge in [0.25, 0.3) is 0 Å². The second-order valence-corrected chi connectivity index (χ2v) is 6.28. The molecule has 0 saturated carbocycles. The van der Waals surface area contributed by atoms with E-state index in [0.29, 0.717) is 5.02 Å². The van der Waals surface area contributed by atoms with E-state index in [0.717, 1.165) is 17.9 Å². The van der Waals surface area contributed by atoms with Crippen LogP contribution in [0.25, 0.3) is 0 Å². The standard InChI is InChI=1S/C13H20ClNOS/c1-4-13(15-5-2)10(3)17(16)12-8-6-11(14)7-9-12/h6-10,13,15H,4-5H2,1-3H3. The first-order valence-corrected chi connectivity index (χ1v) is 7.58. The predicted molar refractivity (Wildman–Crippen MR) is 75.1 cm³/mol. The van der Waals surface area contributed by atoms with Gasteiger partial charge in [0.2, 0.25) is 0 Å². The quantitative estimate of drug-likeness (QED) is 0.862. The van der Waals surface area contributed by atoms with Gasteiger partial charge in [0.15, 0.2) is 0 Å². The first kappa shape index (κ1) is 14.7. The van der Waals surface area contributed by atoms with Crippen molar-refractivity contribution >= 4 is 22.4 Å². The van der Waals surface area contributed by atoms with Crippen LogP contribution in [0.2, 0.25) is 5.02 Å². The molecule has 0 saturated heterocycles. The number of nitrogens with one attached hydrogen (secondary N) is 1. The van der Waals surface area contributed by atoms with Gasteiger partial charge in [-0.25, -0.2) is 0 Å². The minimum absolute atomic E-state index is 0.0983. The van der Waals surface area contributed by atoms with Gasteiger partial charge in [-0.05, 0) is 44.2 Å². The third kappa shape index (κ3) is 4.09. The van der Waals surface area contributed by atoms with Gasteiger partial charge in [-0.2, -0.15) is 0 Å². The van der Waals surface area contributed by atoms with Crippen LogP contribution in [0.15, 0.2) is 29.2 Å². The maximum Gasteiger partial charge on any atom is 0.0573 e. The second kappa shape index (κ2) is 7.14. The molecular formula is C13H20ClNOS. The molecule has 0 aliphatic rings. The molecular weight excluding hydrogens is 254 g/mol. The van der Waals surface area contributed by atoms with Gasteiger partial charge >= 0.3 is 0 Å². The second-order valence-electron chi connectivity index (χ2n) is 4.03. The molecule has 17 heavy (non-hydrogen) atoms. The lowest BCUT2D eigenvalue weighted by Gasteiger charge is -2.22. The van der Waals surface area contributed by atoms with Gasteiger partial charge in [-0.1, -0.05) is 25.4 Å². The fraction of sp³-hybridized carbons (Fsp3) is 0.538. The maximum absolute atomic E-state index is 12.4. The third-order valence-electron chi connectivity index (χ3n) is 2.86. The summed E-state index contributed by atoms with van der Waals surface area (Å²) in [5.74, 6) is 0. The van der Waals surface area contributed by atoms with E-state index in [2.05, 4.69) is 19.2 Å². The van der Waals surface area contributed by atoms with Gasteiger partial charge in [0.05, 0.1) is 16.0 Å². The first-order chi connectivity index (χ1) is 8.10. The summed E-state index contributed by atoms with van der Waals surface area (Å²) >= 11 is 5.82. The van der Waals surface area contributed by atoms with E-state index in [1.165, 1.54) is 0 Å². The van der Waals surface area contributed by atoms with E-state index in [1.54, 1.807) is 12.1 Å². The van der Waals surface area contributed by atoms with Crippen LogP contribution < -0.4 is 5.32 Å². The number of halogens is 1. The Morgan fingerprint density at radius 1 is 1.29 bits per heavy atom. The van der Waals surface area contributed by atoms with Gasteiger partial charge < -0.3 is 5.32 Å². The van der Waals surface area contributed by atoms with E-state index in [1.807, 2.05) is 19.1 Å². The molecule has 1 aromatic carbocycles. The van der Waals surface area contributed by atoms with Gasteiger partial charge in [0.1, 0.15) is 0 Å². The Labute approximate surface area is 111 Å². The Balaban J connectivity index is 2.77. The summed E-state index contributed by atoms with van der Waals surface area (Å²) < 4.78 is 12.4. The molecule has 1 rings (SSSR count). The molecule has 0 amide bonds. The number of hydrogen-bond acceptors (Lipinski definition) is 2. The molecule has 1 aromatic rings. The van der Waals surface area contributed by atoms with Gasteiger partial charge in [0, 0.05) is 16.0 Å². The molecule has 0 fully saturated rings. The Hall–Kier alpha value is -0.380. The zero-order valence-electron chi connectivity index (χ0n) is 10.6. The van der Waals surface area contributed by atoms with Crippen LogP contribution in [-0.2, 0) is 10.8 Å². The summed E-state index contributed by atoms with van der Waals surface area (Å²) in [6.45, 7) is 7.12. The molecule has 4 heteroatoms. The summed E-state index contributed by atoms with van der Waals surface area (Å²) in [7, 11) is -0.989. The first-order valence-electron chi connectivity index (χ1n) is 5.99. The molecule has 0 radical (unpaired) electrons. The summed E-state index contributed by atoms with van der Waals surface area (Å²) in [5, 5.41) is 4.15. The van der Waals surface area contributed by atoms with Crippen molar-refractivity contribution in [1.29, 1.82) is 0 Å². The molecule has 3 unspecified atom stereocenters. The largest absolute Gasteiger partial charge is 0.313 e. The third-order valence-corrected chi connectivity index (χ3v) is 4.85. The Morgan fingerprint density at radius 2 is 1.88 bits per heavy atom. The van der Waals surface area contributed by atoms with Crippen molar-refractivity contribution in [2.75, 3.05) is 6.54 Å². The van der Waals surface area contributed by atoms with Crippen molar-refractivity contribution in [3.8, 4) is 0 Å². The van der Waals surface area contributed by atoms with E-state index in [-0.39, 0.29) is 11.3 Å². The smallest absolute Gasteiger partial charge is 0.0573 e. The SMILES string of the molecule is CCNC(CC)C(C)S(=O)c1ccc(Cl)cc1. The Bertz CT molecular complexity index is 366. The van der Waals surface area contributed by atoms with E-state index in [9.17, 15) is 4.21 Å². The molecule has 96 valence electrons. The van der Waals surface area contributed by atoms with Crippen molar-refractivity contribution in [1.82, 2.24) is 5.32 Å². The topological polar surface area (TPSA) is 29.1 Å². The molecule has 0 bridgehead atoms. The molecule has 1 N–H and O–H groups in total. The molecule has 0 aliphatic heterocycles. The average Bonchev–Trinajstić information content (AvgIpc) is 2.35. The van der Waals surface area contributed by atoms with E-state index < -0.39 is 10.8 Å². The summed E-state index contributed by atoms with van der Waals surface area (Å²) in [6.07, 6.45) is 0.980. The lowest BCUT2D eigenvalue weighted by atomic mass is 10.2. The summed E-state index contributed by atoms with van der Waals surface area (Å²) in [4.78, 5) is 0.846. The van der Waals surface area contributed by atoms with Crippen LogP contribution in [0.1, 0.15) is 27.2 Å². The molecule has 3 atom stereocenters. The number of hydrogen-bond donors (Lipinski definition) is 1. The monoisotopic (exact) mass is 273 g/mol. The predicted octanol–water partition coefficient (Wildman–Crippen LogP) is 3.22. The summed E-state index contributed by atoms with van der Waals surface area (Å²) in [6, 6.07) is 7.55. The Morgan fingerprint density at radius 3 is 2.35 bits per heavy atom. The lowest BCUT2D eigenvalue weighted by molar-refractivity contribution is 0.500. The van der Waals surface area contributed by atoms with Crippen LogP contribution in [-0.4, -0.2) is 22.0 Å². The highest BCUT2D eigenvalue weighted by Gasteiger charge is 2.21. The van der Waals surface area contributed by atoms with Crippen molar-refractivity contribution < 1.29 is 4.21 Å². The van der Waals surface area contributed by atoms with Crippen molar-refractivity contribution in [3.63, 3.8) is 0 Å². The molecule has 0 aliphatic carbocycles. The van der Waals surface area contributed by atoms with Crippen molar-refractivity contribution in [2.45, 2.75) is 43.4 Å². The average molecular weight is 274 g/mol. The minimum atomic E-state index is -0.989. The van der Waals surface area contributed by atoms with Crippen LogP contribution in [0.3, 0.4) is 0 Å². The van der Waals surface area contributed by atoms with E-state index in [4.69, 9.17) is 11.6 Å². The van der Waals surface area contributed by atoms with Crippen molar-refractivity contribution in [3.05, 3.63) is 29.3 Å². The number of benzene rings is 1. The molecule has 0 spiro atoms. The maximum atomic E-state index is 12.4. The van der Waals surface area contributed by atoms with Crippen molar-refractivity contribution in [2.24, 2.45) is 0 Å². The normalized spacial score (nSPS) is 16.5. The van der Waals surface area contributed by atoms with E-state index >= 15 is 0 Å².